The van der Waals surface area contributed by atoms with Crippen molar-refractivity contribution in [2.75, 3.05) is 13.1 Å². The van der Waals surface area contributed by atoms with Crippen LogP contribution < -0.4 is 11.3 Å². The van der Waals surface area contributed by atoms with Crippen molar-refractivity contribution in [1.29, 1.82) is 0 Å². The summed E-state index contributed by atoms with van der Waals surface area (Å²) in [6, 6.07) is 0. The molecule has 0 aliphatic carbocycles. The smallest absolute Gasteiger partial charge is 0.287 e. The van der Waals surface area contributed by atoms with E-state index in [1.807, 2.05) is 10.3 Å². The lowest BCUT2D eigenvalue weighted by Crippen LogP contribution is -2.30. The lowest BCUT2D eigenvalue weighted by atomic mass is 9.95. The van der Waals surface area contributed by atoms with Crippen molar-refractivity contribution in [1.82, 2.24) is 25.3 Å². The van der Waals surface area contributed by atoms with Gasteiger partial charge in [-0.1, -0.05) is 19.1 Å². The average Bonchev–Trinajstić information content (AvgIpc) is 3.02. The first kappa shape index (κ1) is 14.4. The number of nitrogens with zero attached hydrogens (tertiary/aromatic N) is 4. The predicted octanol–water partition coefficient (Wildman–Crippen LogP) is -0.614. The molecule has 1 atom stereocenters. The molecule has 110 valence electrons. The van der Waals surface area contributed by atoms with Gasteiger partial charge >= 0.3 is 0 Å². The third-order valence-corrected chi connectivity index (χ3v) is 3.69. The lowest BCUT2D eigenvalue weighted by molar-refractivity contribution is -0.127. The van der Waals surface area contributed by atoms with Crippen LogP contribution in [0.2, 0.25) is 0 Å². The number of nitrogens with two attached hydrogens (primary N) is 1. The molecule has 20 heavy (non-hydrogen) atoms. The summed E-state index contributed by atoms with van der Waals surface area (Å²) in [5.74, 6) is 5.66. The fourth-order valence-corrected chi connectivity index (χ4v) is 2.27. The van der Waals surface area contributed by atoms with E-state index in [-0.39, 0.29) is 11.6 Å². The summed E-state index contributed by atoms with van der Waals surface area (Å²) in [5, 5.41) is 7.55. The minimum Gasteiger partial charge on any atom is -0.341 e. The summed E-state index contributed by atoms with van der Waals surface area (Å²) < 4.78 is 1.54. The number of rotatable bonds is 5. The first-order valence-corrected chi connectivity index (χ1v) is 6.70. The number of carbonyl (C=O) groups excluding carboxylic acids is 2. The number of nitrogens with one attached hydrogen (secondary N) is 1. The van der Waals surface area contributed by atoms with E-state index in [2.05, 4.69) is 24.2 Å². The zero-order chi connectivity index (χ0) is 14.7. The first-order chi connectivity index (χ1) is 9.51. The van der Waals surface area contributed by atoms with Crippen molar-refractivity contribution < 1.29 is 9.59 Å². The zero-order valence-electron chi connectivity index (χ0n) is 11.7. The van der Waals surface area contributed by atoms with Crippen LogP contribution in [0, 0.1) is 11.8 Å². The fourth-order valence-electron chi connectivity index (χ4n) is 2.27. The Bertz CT molecular complexity index is 498. The molecule has 0 bridgehead atoms. The van der Waals surface area contributed by atoms with Gasteiger partial charge in [-0.25, -0.2) is 10.5 Å². The lowest BCUT2D eigenvalue weighted by Gasteiger charge is -2.17. The van der Waals surface area contributed by atoms with Gasteiger partial charge in [-0.2, -0.15) is 0 Å². The Morgan fingerprint density at radius 3 is 2.90 bits per heavy atom. The summed E-state index contributed by atoms with van der Waals surface area (Å²) in [5.41, 5.74) is 2.16. The molecule has 0 radical (unpaired) electrons. The van der Waals surface area contributed by atoms with E-state index in [0.717, 1.165) is 6.54 Å². The molecular weight excluding hydrogens is 260 g/mol. The predicted molar refractivity (Wildman–Crippen MR) is 71.2 cm³/mol. The molecule has 1 aromatic heterocycles. The van der Waals surface area contributed by atoms with Crippen molar-refractivity contribution >= 4 is 11.8 Å². The Balaban J connectivity index is 1.88. The van der Waals surface area contributed by atoms with Crippen LogP contribution in [0.1, 0.15) is 30.8 Å². The molecule has 1 fully saturated rings. The quantitative estimate of drug-likeness (QED) is 0.425. The monoisotopic (exact) mass is 280 g/mol. The molecule has 2 rings (SSSR count). The maximum Gasteiger partial charge on any atom is 0.287 e. The van der Waals surface area contributed by atoms with Crippen LogP contribution in [-0.2, 0) is 11.3 Å². The van der Waals surface area contributed by atoms with Crippen LogP contribution in [0.5, 0.6) is 0 Å². The summed E-state index contributed by atoms with van der Waals surface area (Å²) >= 11 is 0. The number of hydrogen-bond donors (Lipinski definition) is 2. The van der Waals surface area contributed by atoms with Crippen molar-refractivity contribution in [2.45, 2.75) is 26.8 Å². The van der Waals surface area contributed by atoms with Crippen LogP contribution in [-0.4, -0.2) is 44.8 Å². The van der Waals surface area contributed by atoms with E-state index in [0.29, 0.717) is 31.3 Å². The van der Waals surface area contributed by atoms with E-state index in [9.17, 15) is 9.59 Å². The Morgan fingerprint density at radius 2 is 2.30 bits per heavy atom. The van der Waals surface area contributed by atoms with Gasteiger partial charge in [0.25, 0.3) is 5.91 Å². The maximum absolute atomic E-state index is 11.9. The van der Waals surface area contributed by atoms with Crippen molar-refractivity contribution in [3.05, 3.63) is 11.9 Å². The number of amides is 2. The Hall–Kier alpha value is -1.96. The van der Waals surface area contributed by atoms with Gasteiger partial charge in [0.1, 0.15) is 0 Å². The highest BCUT2D eigenvalue weighted by Gasteiger charge is 2.30. The molecule has 3 N–H and O–H groups in total. The van der Waals surface area contributed by atoms with E-state index < -0.39 is 5.91 Å². The van der Waals surface area contributed by atoms with Gasteiger partial charge in [-0.3, -0.25) is 15.0 Å². The molecule has 2 amide bonds. The fraction of sp³-hybridized carbons (Fsp3) is 0.667. The van der Waals surface area contributed by atoms with Crippen LogP contribution in [0.25, 0.3) is 0 Å². The number of hydrogen-bond acceptors (Lipinski definition) is 5. The average molecular weight is 280 g/mol. The number of aromatic nitrogens is 3. The molecule has 1 aliphatic heterocycles. The van der Waals surface area contributed by atoms with Gasteiger partial charge in [-0.05, 0) is 11.8 Å². The Morgan fingerprint density at radius 1 is 1.55 bits per heavy atom. The third kappa shape index (κ3) is 3.13. The topological polar surface area (TPSA) is 106 Å². The van der Waals surface area contributed by atoms with Crippen LogP contribution >= 0.6 is 0 Å². The van der Waals surface area contributed by atoms with E-state index in [4.69, 9.17) is 5.84 Å². The normalized spacial score (nSPS) is 18.9. The summed E-state index contributed by atoms with van der Waals surface area (Å²) in [6.45, 7) is 6.16. The molecule has 1 saturated heterocycles. The minimum absolute atomic E-state index is 0.167. The molecule has 1 aliphatic rings. The van der Waals surface area contributed by atoms with Crippen molar-refractivity contribution in [2.24, 2.45) is 17.7 Å². The maximum atomic E-state index is 11.9. The van der Waals surface area contributed by atoms with Crippen LogP contribution in [0.4, 0.5) is 0 Å². The molecule has 1 aromatic rings. The molecule has 0 aromatic carbocycles. The summed E-state index contributed by atoms with van der Waals surface area (Å²) in [4.78, 5) is 25.0. The van der Waals surface area contributed by atoms with E-state index in [1.165, 1.54) is 6.20 Å². The Kier molecular flexibility index (Phi) is 4.33. The minimum atomic E-state index is -0.478. The highest BCUT2D eigenvalue weighted by atomic mass is 16.2. The molecule has 8 heteroatoms. The molecular formula is C12H20N6O2. The number of hydrazine groups is 1. The molecule has 0 saturated carbocycles. The Labute approximate surface area is 117 Å². The van der Waals surface area contributed by atoms with Crippen LogP contribution in [0.15, 0.2) is 6.20 Å². The number of likely N-dealkylation sites (tertiary alicyclic amines) is 1. The second-order valence-electron chi connectivity index (χ2n) is 5.39. The largest absolute Gasteiger partial charge is 0.341 e. The van der Waals surface area contributed by atoms with Gasteiger partial charge in [0, 0.05) is 19.5 Å². The first-order valence-electron chi connectivity index (χ1n) is 6.70. The number of carbonyl (C=O) groups is 2. The van der Waals surface area contributed by atoms with Gasteiger partial charge in [0.2, 0.25) is 5.91 Å². The summed E-state index contributed by atoms with van der Waals surface area (Å²) in [6.07, 6.45) is 2.14. The van der Waals surface area contributed by atoms with E-state index in [1.54, 1.807) is 4.68 Å². The SMILES string of the molecule is CC(C)C1CC(=O)N(CCn2cc(C(=O)NN)nn2)C1. The molecule has 1 unspecified atom stereocenters. The third-order valence-electron chi connectivity index (χ3n) is 3.69. The second kappa shape index (κ2) is 6.00. The molecule has 0 spiro atoms. The summed E-state index contributed by atoms with van der Waals surface area (Å²) in [7, 11) is 0. The van der Waals surface area contributed by atoms with Crippen molar-refractivity contribution in [3.63, 3.8) is 0 Å². The molecule has 2 heterocycles. The van der Waals surface area contributed by atoms with Gasteiger partial charge in [0.05, 0.1) is 12.7 Å². The van der Waals surface area contributed by atoms with E-state index >= 15 is 0 Å². The van der Waals surface area contributed by atoms with Crippen LogP contribution in [0.3, 0.4) is 0 Å². The number of nitrogen functional groups attached to an aromatic ring is 1. The highest BCUT2D eigenvalue weighted by molar-refractivity contribution is 5.91. The standard InChI is InChI=1S/C12H20N6O2/c1-8(2)9-5-11(19)17(6-9)3-4-18-7-10(15-16-18)12(20)14-13/h7-9H,3-6,13H2,1-2H3,(H,14,20). The molecule has 8 nitrogen and oxygen atoms in total. The van der Waals surface area contributed by atoms with Gasteiger partial charge in [0.15, 0.2) is 5.69 Å². The van der Waals surface area contributed by atoms with Gasteiger partial charge in [-0.15, -0.1) is 5.10 Å². The van der Waals surface area contributed by atoms with Crippen molar-refractivity contribution in [3.8, 4) is 0 Å². The van der Waals surface area contributed by atoms with Gasteiger partial charge < -0.3 is 4.90 Å². The zero-order valence-corrected chi connectivity index (χ0v) is 11.7. The second-order valence-corrected chi connectivity index (χ2v) is 5.39. The highest BCUT2D eigenvalue weighted by Crippen LogP contribution is 2.24.